The number of sulfonamides is 1. The summed E-state index contributed by atoms with van der Waals surface area (Å²) in [7, 11) is -2.68. The molecular weight excluding hydrogens is 606 g/mol. The largest absolute Gasteiger partial charge is 0.496 e. The third kappa shape index (κ3) is 8.56. The second-order valence-corrected chi connectivity index (χ2v) is 12.5. The Labute approximate surface area is 251 Å². The maximum absolute atomic E-state index is 14.0. The van der Waals surface area contributed by atoms with Gasteiger partial charge >= 0.3 is 0 Å². The molecule has 0 aliphatic carbocycles. The molecule has 0 aliphatic heterocycles. The van der Waals surface area contributed by atoms with Crippen LogP contribution in [0.4, 0.5) is 5.69 Å². The molecule has 2 amide bonds. The van der Waals surface area contributed by atoms with Crippen molar-refractivity contribution in [2.75, 3.05) is 31.0 Å². The fraction of sp³-hybridized carbons (Fsp3) is 0.355. The first-order valence-electron chi connectivity index (χ1n) is 13.6. The molecule has 0 saturated carbocycles. The van der Waals surface area contributed by atoms with Gasteiger partial charge in [-0.1, -0.05) is 61.4 Å². The zero-order chi connectivity index (χ0) is 30.0. The fourth-order valence-corrected chi connectivity index (χ4v) is 6.41. The summed E-state index contributed by atoms with van der Waals surface area (Å²) < 4.78 is 34.8. The average molecular weight is 645 g/mol. The molecule has 0 spiro atoms. The maximum atomic E-state index is 14.0. The van der Waals surface area contributed by atoms with E-state index in [4.69, 9.17) is 4.74 Å². The highest BCUT2D eigenvalue weighted by molar-refractivity contribution is 9.10. The summed E-state index contributed by atoms with van der Waals surface area (Å²) in [6, 6.07) is 20.3. The van der Waals surface area contributed by atoms with Crippen molar-refractivity contribution in [1.29, 1.82) is 0 Å². The van der Waals surface area contributed by atoms with E-state index in [1.54, 1.807) is 37.3 Å². The number of ether oxygens (including phenoxy) is 1. The molecule has 1 N–H and O–H groups in total. The third-order valence-electron chi connectivity index (χ3n) is 6.79. The molecule has 220 valence electrons. The molecule has 0 heterocycles. The summed E-state index contributed by atoms with van der Waals surface area (Å²) in [5.74, 6) is -0.267. The Morgan fingerprint density at radius 3 is 2.32 bits per heavy atom. The van der Waals surface area contributed by atoms with E-state index < -0.39 is 28.5 Å². The first-order valence-corrected chi connectivity index (χ1v) is 15.9. The van der Waals surface area contributed by atoms with Crippen LogP contribution in [0.5, 0.6) is 5.75 Å². The third-order valence-corrected chi connectivity index (χ3v) is 9.18. The average Bonchev–Trinajstić information content (AvgIpc) is 2.97. The molecule has 3 aromatic carbocycles. The highest BCUT2D eigenvalue weighted by Crippen LogP contribution is 2.31. The molecule has 0 bridgehead atoms. The minimum absolute atomic E-state index is 0.000238. The summed E-state index contributed by atoms with van der Waals surface area (Å²) in [4.78, 5) is 28.4. The van der Waals surface area contributed by atoms with E-state index in [9.17, 15) is 18.0 Å². The number of carbonyl (C=O) groups excluding carboxylic acids is 2. The van der Waals surface area contributed by atoms with Gasteiger partial charge in [0.1, 0.15) is 18.3 Å². The van der Waals surface area contributed by atoms with Gasteiger partial charge in [-0.05, 0) is 78.5 Å². The van der Waals surface area contributed by atoms with E-state index in [0.29, 0.717) is 28.9 Å². The minimum atomic E-state index is -4.17. The Morgan fingerprint density at radius 2 is 1.71 bits per heavy atom. The van der Waals surface area contributed by atoms with Crippen LogP contribution in [0, 0.1) is 6.92 Å². The van der Waals surface area contributed by atoms with Crippen molar-refractivity contribution < 1.29 is 22.7 Å². The van der Waals surface area contributed by atoms with Crippen molar-refractivity contribution in [1.82, 2.24) is 10.2 Å². The van der Waals surface area contributed by atoms with Crippen LogP contribution in [0.1, 0.15) is 37.8 Å². The van der Waals surface area contributed by atoms with Gasteiger partial charge in [-0.25, -0.2) is 8.42 Å². The van der Waals surface area contributed by atoms with Crippen LogP contribution in [0.25, 0.3) is 0 Å². The van der Waals surface area contributed by atoms with E-state index in [-0.39, 0.29) is 17.3 Å². The van der Waals surface area contributed by atoms with Gasteiger partial charge in [0.15, 0.2) is 0 Å². The van der Waals surface area contributed by atoms with Crippen LogP contribution in [-0.4, -0.2) is 57.9 Å². The lowest BCUT2D eigenvalue weighted by atomic mass is 10.1. The minimum Gasteiger partial charge on any atom is -0.496 e. The number of anilines is 1. The van der Waals surface area contributed by atoms with Gasteiger partial charge in [0, 0.05) is 13.1 Å². The van der Waals surface area contributed by atoms with Crippen LogP contribution < -0.4 is 14.4 Å². The van der Waals surface area contributed by atoms with E-state index in [2.05, 4.69) is 21.2 Å². The smallest absolute Gasteiger partial charge is 0.264 e. The zero-order valence-corrected chi connectivity index (χ0v) is 26.4. The zero-order valence-electron chi connectivity index (χ0n) is 24.0. The number of carbonyl (C=O) groups is 2. The van der Waals surface area contributed by atoms with Gasteiger partial charge in [0.25, 0.3) is 10.0 Å². The highest BCUT2D eigenvalue weighted by Gasteiger charge is 2.32. The van der Waals surface area contributed by atoms with Crippen LogP contribution in [0.2, 0.25) is 0 Å². The predicted molar refractivity (Wildman–Crippen MR) is 166 cm³/mol. The number of nitrogens with zero attached hydrogens (tertiary/aromatic N) is 2. The highest BCUT2D eigenvalue weighted by atomic mass is 79.9. The monoisotopic (exact) mass is 643 g/mol. The molecule has 0 saturated heterocycles. The van der Waals surface area contributed by atoms with Gasteiger partial charge in [0.05, 0.1) is 22.2 Å². The molecule has 1 atom stereocenters. The molecule has 8 nitrogen and oxygen atoms in total. The van der Waals surface area contributed by atoms with E-state index in [1.165, 1.54) is 24.1 Å². The van der Waals surface area contributed by atoms with Crippen molar-refractivity contribution in [3.05, 3.63) is 88.4 Å². The van der Waals surface area contributed by atoms with Gasteiger partial charge < -0.3 is 15.0 Å². The summed E-state index contributed by atoms with van der Waals surface area (Å²) in [5, 5.41) is 2.90. The molecule has 0 aromatic heterocycles. The maximum Gasteiger partial charge on any atom is 0.264 e. The molecule has 0 radical (unpaired) electrons. The summed E-state index contributed by atoms with van der Waals surface area (Å²) >= 11 is 3.36. The van der Waals surface area contributed by atoms with Crippen LogP contribution in [-0.2, 0) is 26.0 Å². The number of aryl methyl sites for hydroxylation is 1. The van der Waals surface area contributed by atoms with E-state index >= 15 is 0 Å². The first-order chi connectivity index (χ1) is 19.6. The number of unbranched alkanes of at least 4 members (excludes halogenated alkanes) is 1. The molecule has 3 rings (SSSR count). The number of hydrogen-bond donors (Lipinski definition) is 1. The van der Waals surface area contributed by atoms with Crippen molar-refractivity contribution in [3.8, 4) is 5.75 Å². The van der Waals surface area contributed by atoms with Crippen molar-refractivity contribution in [3.63, 3.8) is 0 Å². The number of hydrogen-bond acceptors (Lipinski definition) is 5. The molecule has 0 aliphatic rings. The Bertz CT molecular complexity index is 1420. The van der Waals surface area contributed by atoms with Gasteiger partial charge in [-0.15, -0.1) is 0 Å². The first kappa shape index (κ1) is 32.1. The van der Waals surface area contributed by atoms with Crippen LogP contribution >= 0.6 is 15.9 Å². The van der Waals surface area contributed by atoms with Crippen LogP contribution in [0.3, 0.4) is 0 Å². The Kier molecular flexibility index (Phi) is 11.8. The summed E-state index contributed by atoms with van der Waals surface area (Å²) in [6.45, 7) is 5.90. The summed E-state index contributed by atoms with van der Waals surface area (Å²) in [6.07, 6.45) is 2.27. The lowest BCUT2D eigenvalue weighted by Gasteiger charge is -2.32. The normalized spacial score (nSPS) is 11.9. The second-order valence-electron chi connectivity index (χ2n) is 9.79. The number of rotatable bonds is 14. The lowest BCUT2D eigenvalue weighted by molar-refractivity contribution is -0.138. The summed E-state index contributed by atoms with van der Waals surface area (Å²) in [5.41, 5.74) is 2.31. The van der Waals surface area contributed by atoms with E-state index in [0.717, 1.165) is 28.3 Å². The number of halogens is 1. The van der Waals surface area contributed by atoms with Gasteiger partial charge in [-0.2, -0.15) is 0 Å². The SMILES string of the molecule is CCCCNC(=O)[C@@H](C)N(CCc1ccccc1)C(=O)CN(c1ccc(C)cc1)S(=O)(=O)c1ccc(OC)c(Br)c1. The molecule has 0 unspecified atom stereocenters. The number of benzene rings is 3. The number of methoxy groups -OCH3 is 1. The van der Waals surface area contributed by atoms with E-state index in [1.807, 2.05) is 44.2 Å². The molecule has 0 fully saturated rings. The molecule has 10 heteroatoms. The van der Waals surface area contributed by atoms with Crippen molar-refractivity contribution >= 4 is 43.5 Å². The number of nitrogens with one attached hydrogen (secondary N) is 1. The molecule has 3 aromatic rings. The fourth-order valence-electron chi connectivity index (χ4n) is 4.28. The Hall–Kier alpha value is -3.37. The topological polar surface area (TPSA) is 96.0 Å². The predicted octanol–water partition coefficient (Wildman–Crippen LogP) is 5.34. The lowest BCUT2D eigenvalue weighted by Crippen LogP contribution is -2.52. The quantitative estimate of drug-likeness (QED) is 0.239. The van der Waals surface area contributed by atoms with Gasteiger partial charge in [0.2, 0.25) is 11.8 Å². The Morgan fingerprint density at radius 1 is 1.02 bits per heavy atom. The van der Waals surface area contributed by atoms with Crippen molar-refractivity contribution in [2.24, 2.45) is 0 Å². The second kappa shape index (κ2) is 15.0. The molecule has 41 heavy (non-hydrogen) atoms. The van der Waals surface area contributed by atoms with Crippen molar-refractivity contribution in [2.45, 2.75) is 51.0 Å². The number of amides is 2. The standard InChI is InChI=1S/C31H38BrN3O5S/c1-5-6-19-33-31(37)24(3)34(20-18-25-10-8-7-9-11-25)30(36)22-35(26-14-12-23(2)13-15-26)41(38,39)27-16-17-29(40-4)28(32)21-27/h7-17,21,24H,5-6,18-20,22H2,1-4H3,(H,33,37)/t24-/m1/s1. The Balaban J connectivity index is 1.97. The van der Waals surface area contributed by atoms with Gasteiger partial charge in [-0.3, -0.25) is 13.9 Å². The molecular formula is C31H38BrN3O5S. The van der Waals surface area contributed by atoms with Crippen LogP contribution in [0.15, 0.2) is 82.2 Å².